The maximum absolute atomic E-state index is 11.1. The Morgan fingerprint density at radius 2 is 2.00 bits per heavy atom. The lowest BCUT2D eigenvalue weighted by Gasteiger charge is -2.32. The molecule has 1 aromatic carbocycles. The van der Waals surface area contributed by atoms with E-state index in [0.717, 1.165) is 5.69 Å². The van der Waals surface area contributed by atoms with E-state index in [4.69, 9.17) is 0 Å². The summed E-state index contributed by atoms with van der Waals surface area (Å²) in [6.07, 6.45) is 0.638. The highest BCUT2D eigenvalue weighted by Crippen LogP contribution is 2.13. The monoisotopic (exact) mass is 250 g/mol. The van der Waals surface area contributed by atoms with Gasteiger partial charge >= 0.3 is 0 Å². The molecule has 0 saturated carbocycles. The fourth-order valence-corrected chi connectivity index (χ4v) is 1.48. The third-order valence-electron chi connectivity index (χ3n) is 2.39. The minimum absolute atomic E-state index is 0.0403. The van der Waals surface area contributed by atoms with Gasteiger partial charge in [-0.15, -0.1) is 0 Å². The normalized spacial score (nSPS) is 9.67. The number of para-hydroxylation sites is 1. The molecule has 6 nitrogen and oxygen atoms in total. The molecule has 2 N–H and O–H groups in total. The van der Waals surface area contributed by atoms with Crippen LogP contribution in [0.2, 0.25) is 0 Å². The molecule has 0 heterocycles. The van der Waals surface area contributed by atoms with Crippen molar-refractivity contribution in [1.29, 1.82) is 0 Å². The first-order valence-electron chi connectivity index (χ1n) is 5.74. The lowest BCUT2D eigenvalue weighted by Crippen LogP contribution is -2.52. The van der Waals surface area contributed by atoms with Crippen LogP contribution in [0.4, 0.5) is 5.69 Å². The lowest BCUT2D eigenvalue weighted by atomic mass is 10.3. The summed E-state index contributed by atoms with van der Waals surface area (Å²) in [6, 6.07) is 9.46. The summed E-state index contributed by atoms with van der Waals surface area (Å²) in [4.78, 5) is 22.2. The highest BCUT2D eigenvalue weighted by molar-refractivity contribution is 5.77. The van der Waals surface area contributed by atoms with E-state index >= 15 is 0 Å². The van der Waals surface area contributed by atoms with Crippen LogP contribution in [0.25, 0.3) is 0 Å². The number of carbonyl (C=O) groups excluding carboxylic acids is 2. The van der Waals surface area contributed by atoms with E-state index in [1.54, 1.807) is 12.1 Å². The molecule has 0 aliphatic carbocycles. The van der Waals surface area contributed by atoms with Crippen LogP contribution in [0.15, 0.2) is 30.3 Å². The molecule has 0 aliphatic heterocycles. The van der Waals surface area contributed by atoms with Crippen molar-refractivity contribution < 1.29 is 9.59 Å². The maximum atomic E-state index is 11.1. The molecule has 1 rings (SSSR count). The Balaban J connectivity index is 2.72. The van der Waals surface area contributed by atoms with Crippen molar-refractivity contribution in [3.63, 3.8) is 0 Å². The van der Waals surface area contributed by atoms with Crippen molar-refractivity contribution in [3.05, 3.63) is 30.3 Å². The van der Waals surface area contributed by atoms with Gasteiger partial charge in [0.25, 0.3) is 0 Å². The number of nitrogens with zero attached hydrogens (tertiary/aromatic N) is 2. The second-order valence-corrected chi connectivity index (χ2v) is 3.51. The molecule has 0 bridgehead atoms. The molecule has 0 saturated heterocycles. The Labute approximate surface area is 107 Å². The number of anilines is 1. The summed E-state index contributed by atoms with van der Waals surface area (Å²) >= 11 is 0. The second-order valence-electron chi connectivity index (χ2n) is 3.51. The predicted octanol–water partition coefficient (Wildman–Crippen LogP) is 0.137. The van der Waals surface area contributed by atoms with Gasteiger partial charge in [0.2, 0.25) is 12.3 Å². The molecule has 1 aromatic rings. The predicted molar refractivity (Wildman–Crippen MR) is 69.4 cm³/mol. The fraction of sp³-hybridized carbons (Fsp3) is 0.333. The highest BCUT2D eigenvalue weighted by Gasteiger charge is 2.13. The van der Waals surface area contributed by atoms with E-state index < -0.39 is 0 Å². The first-order valence-corrected chi connectivity index (χ1v) is 5.74. The number of hydrogen-bond donors (Lipinski definition) is 2. The van der Waals surface area contributed by atoms with E-state index in [1.807, 2.05) is 37.3 Å². The number of hydrogen-bond acceptors (Lipinski definition) is 4. The third kappa shape index (κ3) is 3.74. The Morgan fingerprint density at radius 1 is 1.33 bits per heavy atom. The average Bonchev–Trinajstić information content (AvgIpc) is 2.43. The number of amides is 2. The van der Waals surface area contributed by atoms with Crippen molar-refractivity contribution in [2.45, 2.75) is 6.92 Å². The van der Waals surface area contributed by atoms with Gasteiger partial charge in [-0.05, 0) is 19.1 Å². The largest absolute Gasteiger partial charge is 0.358 e. The maximum Gasteiger partial charge on any atom is 0.243 e. The van der Waals surface area contributed by atoms with Crippen LogP contribution in [-0.2, 0) is 9.59 Å². The summed E-state index contributed by atoms with van der Waals surface area (Å²) in [5.74, 6) is -0.189. The molecule has 98 valence electrons. The standard InChI is InChI=1S/C12H18N4O2/c1-3-15(11-7-5-4-6-8-11)16(10-17)14-9-12(18)13-2/h4-8,10,14H,3,9H2,1-2H3,(H,13,18). The summed E-state index contributed by atoms with van der Waals surface area (Å²) < 4.78 is 0. The van der Waals surface area contributed by atoms with Crippen LogP contribution >= 0.6 is 0 Å². The Bertz CT molecular complexity index is 383. The molecule has 0 aliphatic rings. The van der Waals surface area contributed by atoms with E-state index in [0.29, 0.717) is 13.0 Å². The zero-order valence-corrected chi connectivity index (χ0v) is 10.6. The van der Waals surface area contributed by atoms with Crippen LogP contribution in [0.5, 0.6) is 0 Å². The van der Waals surface area contributed by atoms with E-state index in [9.17, 15) is 9.59 Å². The third-order valence-corrected chi connectivity index (χ3v) is 2.39. The molecule has 6 heteroatoms. The quantitative estimate of drug-likeness (QED) is 0.533. The van der Waals surface area contributed by atoms with Crippen molar-refractivity contribution in [2.75, 3.05) is 25.1 Å². The van der Waals surface area contributed by atoms with Crippen LogP contribution < -0.4 is 15.8 Å². The van der Waals surface area contributed by atoms with Gasteiger partial charge in [0, 0.05) is 13.6 Å². The van der Waals surface area contributed by atoms with E-state index in [1.165, 1.54) is 5.12 Å². The Hall–Kier alpha value is -2.08. The number of carbonyl (C=O) groups is 2. The van der Waals surface area contributed by atoms with Crippen LogP contribution in [0.1, 0.15) is 6.92 Å². The van der Waals surface area contributed by atoms with Gasteiger partial charge in [-0.2, -0.15) is 5.12 Å². The zero-order chi connectivity index (χ0) is 13.4. The number of nitrogens with one attached hydrogen (secondary N) is 2. The molecule has 0 radical (unpaired) electrons. The van der Waals surface area contributed by atoms with Gasteiger partial charge in [-0.3, -0.25) is 14.6 Å². The lowest BCUT2D eigenvalue weighted by molar-refractivity contribution is -0.124. The molecule has 0 spiro atoms. The summed E-state index contributed by atoms with van der Waals surface area (Å²) in [5.41, 5.74) is 3.62. The van der Waals surface area contributed by atoms with Gasteiger partial charge in [-0.1, -0.05) is 18.2 Å². The van der Waals surface area contributed by atoms with Gasteiger partial charge in [0.1, 0.15) is 0 Å². The Kier molecular flexibility index (Phi) is 5.66. The van der Waals surface area contributed by atoms with Crippen LogP contribution in [0.3, 0.4) is 0 Å². The topological polar surface area (TPSA) is 64.7 Å². The van der Waals surface area contributed by atoms with E-state index in [2.05, 4.69) is 10.7 Å². The van der Waals surface area contributed by atoms with Gasteiger partial charge < -0.3 is 5.32 Å². The van der Waals surface area contributed by atoms with Crippen LogP contribution in [0, 0.1) is 0 Å². The number of rotatable bonds is 7. The molecule has 0 unspecified atom stereocenters. The minimum Gasteiger partial charge on any atom is -0.358 e. The molecule has 0 atom stereocenters. The zero-order valence-electron chi connectivity index (χ0n) is 10.6. The first-order chi connectivity index (χ1) is 8.72. The summed E-state index contributed by atoms with van der Waals surface area (Å²) in [7, 11) is 1.55. The van der Waals surface area contributed by atoms with Gasteiger partial charge in [-0.25, -0.2) is 5.43 Å². The average molecular weight is 250 g/mol. The second kappa shape index (κ2) is 7.29. The first kappa shape index (κ1) is 14.0. The number of benzene rings is 1. The van der Waals surface area contributed by atoms with Crippen molar-refractivity contribution in [1.82, 2.24) is 15.9 Å². The van der Waals surface area contributed by atoms with Crippen molar-refractivity contribution in [2.24, 2.45) is 0 Å². The number of hydrazine groups is 2. The van der Waals surface area contributed by atoms with Gasteiger partial charge in [0.05, 0.1) is 12.2 Å². The van der Waals surface area contributed by atoms with Crippen molar-refractivity contribution >= 4 is 18.0 Å². The number of likely N-dealkylation sites (N-methyl/N-ethyl adjacent to an activating group) is 1. The molecular weight excluding hydrogens is 232 g/mol. The highest BCUT2D eigenvalue weighted by atomic mass is 16.2. The molecular formula is C12H18N4O2. The molecule has 0 aromatic heterocycles. The molecule has 18 heavy (non-hydrogen) atoms. The van der Waals surface area contributed by atoms with Crippen LogP contribution in [-0.4, -0.2) is 37.6 Å². The van der Waals surface area contributed by atoms with Gasteiger partial charge in [0.15, 0.2) is 0 Å². The molecule has 2 amide bonds. The summed E-state index contributed by atoms with van der Waals surface area (Å²) in [5, 5.41) is 5.48. The summed E-state index contributed by atoms with van der Waals surface area (Å²) in [6.45, 7) is 2.56. The smallest absolute Gasteiger partial charge is 0.243 e. The Morgan fingerprint density at radius 3 is 2.50 bits per heavy atom. The van der Waals surface area contributed by atoms with E-state index in [-0.39, 0.29) is 12.5 Å². The van der Waals surface area contributed by atoms with Crippen molar-refractivity contribution in [3.8, 4) is 0 Å². The molecule has 0 fully saturated rings. The minimum atomic E-state index is -0.189. The SMILES string of the molecule is CCN(c1ccccc1)N(C=O)NCC(=O)NC. The fourth-order valence-electron chi connectivity index (χ4n) is 1.48.